The van der Waals surface area contributed by atoms with Gasteiger partial charge in [-0.15, -0.1) is 0 Å². The lowest BCUT2D eigenvalue weighted by Crippen LogP contribution is -2.38. The fourth-order valence-corrected chi connectivity index (χ4v) is 2.52. The predicted molar refractivity (Wildman–Crippen MR) is 73.0 cm³/mol. The quantitative estimate of drug-likeness (QED) is 0.776. The number of anilines is 1. The lowest BCUT2D eigenvalue weighted by atomic mass is 10.3. The average Bonchev–Trinajstić information content (AvgIpc) is 2.28. The molecular formula is C12H18N2O4S. The molecule has 0 spiro atoms. The van der Waals surface area contributed by atoms with Crippen molar-refractivity contribution >= 4 is 22.0 Å². The van der Waals surface area contributed by atoms with Gasteiger partial charge in [0.25, 0.3) is 0 Å². The van der Waals surface area contributed by atoms with Crippen molar-refractivity contribution in [1.29, 1.82) is 0 Å². The van der Waals surface area contributed by atoms with Gasteiger partial charge in [0.05, 0.1) is 5.69 Å². The summed E-state index contributed by atoms with van der Waals surface area (Å²) >= 11 is 0. The second-order valence-electron chi connectivity index (χ2n) is 4.24. The Morgan fingerprint density at radius 1 is 1.16 bits per heavy atom. The number of para-hydroxylation sites is 1. The molecule has 19 heavy (non-hydrogen) atoms. The molecule has 0 atom stereocenters. The van der Waals surface area contributed by atoms with E-state index >= 15 is 0 Å². The molecule has 0 saturated carbocycles. The van der Waals surface area contributed by atoms with E-state index in [0.717, 1.165) is 11.2 Å². The Balaban J connectivity index is 3.02. The third-order valence-electron chi connectivity index (χ3n) is 2.29. The zero-order valence-corrected chi connectivity index (χ0v) is 12.1. The molecule has 0 radical (unpaired) electrons. The summed E-state index contributed by atoms with van der Waals surface area (Å²) in [5.41, 5.74) is 0.464. The number of benzene rings is 1. The summed E-state index contributed by atoms with van der Waals surface area (Å²) in [5, 5.41) is 0. The van der Waals surface area contributed by atoms with Crippen LogP contribution in [-0.2, 0) is 19.3 Å². The van der Waals surface area contributed by atoms with Crippen LogP contribution in [0.3, 0.4) is 0 Å². The molecule has 106 valence electrons. The summed E-state index contributed by atoms with van der Waals surface area (Å²) in [6, 6.07) is 8.53. The number of rotatable bonds is 6. The molecule has 1 aromatic rings. The third kappa shape index (κ3) is 4.88. The van der Waals surface area contributed by atoms with Gasteiger partial charge in [-0.1, -0.05) is 18.2 Å². The fraction of sp³-hybridized carbons (Fsp3) is 0.417. The van der Waals surface area contributed by atoms with E-state index < -0.39 is 16.3 Å². The highest BCUT2D eigenvalue weighted by molar-refractivity contribution is 7.88. The minimum absolute atomic E-state index is 0.201. The van der Waals surface area contributed by atoms with Crippen LogP contribution in [0.2, 0.25) is 0 Å². The Bertz CT molecular complexity index is 514. The number of hydrogen-bond donors (Lipinski definition) is 0. The number of nitrogens with zero attached hydrogens (tertiary/aromatic N) is 2. The predicted octanol–water partition coefficient (Wildman–Crippen LogP) is 0.862. The number of hydrogen-bond acceptors (Lipinski definition) is 5. The maximum Gasteiger partial charge on any atom is 0.412 e. The van der Waals surface area contributed by atoms with E-state index in [0.29, 0.717) is 12.2 Å². The van der Waals surface area contributed by atoms with Crippen LogP contribution in [0.15, 0.2) is 30.3 Å². The van der Waals surface area contributed by atoms with Crippen molar-refractivity contribution < 1.29 is 17.4 Å². The molecular weight excluding hydrogens is 268 g/mol. The van der Waals surface area contributed by atoms with Crippen LogP contribution in [0.4, 0.5) is 5.69 Å². The van der Waals surface area contributed by atoms with Gasteiger partial charge in [-0.25, -0.2) is 4.31 Å². The average molecular weight is 286 g/mol. The van der Waals surface area contributed by atoms with Gasteiger partial charge in [0.1, 0.15) is 0 Å². The Labute approximate surface area is 113 Å². The van der Waals surface area contributed by atoms with E-state index in [9.17, 15) is 13.2 Å². The Morgan fingerprint density at radius 3 is 2.21 bits per heavy atom. The van der Waals surface area contributed by atoms with Crippen LogP contribution in [0.1, 0.15) is 6.92 Å². The number of carbonyl (C=O) groups is 1. The Kier molecular flexibility index (Phi) is 5.31. The highest BCUT2D eigenvalue weighted by Gasteiger charge is 2.25. The molecule has 0 heterocycles. The first-order chi connectivity index (χ1) is 8.83. The summed E-state index contributed by atoms with van der Waals surface area (Å²) < 4.78 is 29.5. The molecule has 0 amide bonds. The zero-order valence-electron chi connectivity index (χ0n) is 11.2. The smallest absolute Gasteiger partial charge is 0.330 e. The molecule has 0 aliphatic carbocycles. The van der Waals surface area contributed by atoms with E-state index in [4.69, 9.17) is 0 Å². The summed E-state index contributed by atoms with van der Waals surface area (Å²) in [6.45, 7) is 1.77. The van der Waals surface area contributed by atoms with Crippen LogP contribution >= 0.6 is 0 Å². The summed E-state index contributed by atoms with van der Waals surface area (Å²) in [6.07, 6.45) is 0. The largest absolute Gasteiger partial charge is 0.412 e. The molecule has 6 nitrogen and oxygen atoms in total. The standard InChI is InChI=1S/C12H18N2O4S/c1-11(15)18-19(16,17)14(10-9-13(2)3)12-7-5-4-6-8-12/h4-8H,9-10H2,1-3H3. The van der Waals surface area contributed by atoms with Gasteiger partial charge >= 0.3 is 16.3 Å². The minimum Gasteiger partial charge on any atom is -0.330 e. The summed E-state index contributed by atoms with van der Waals surface area (Å²) in [5.74, 6) is -0.856. The lowest BCUT2D eigenvalue weighted by Gasteiger charge is -2.24. The lowest BCUT2D eigenvalue weighted by molar-refractivity contribution is -0.131. The monoisotopic (exact) mass is 286 g/mol. The van der Waals surface area contributed by atoms with Crippen molar-refractivity contribution in [2.75, 3.05) is 31.5 Å². The zero-order chi connectivity index (χ0) is 14.5. The second kappa shape index (κ2) is 6.53. The molecule has 0 saturated heterocycles. The Morgan fingerprint density at radius 2 is 1.74 bits per heavy atom. The number of carbonyl (C=O) groups excluding carboxylic acids is 1. The van der Waals surface area contributed by atoms with Crippen LogP contribution in [0, 0.1) is 0 Å². The highest BCUT2D eigenvalue weighted by Crippen LogP contribution is 2.18. The van der Waals surface area contributed by atoms with E-state index in [-0.39, 0.29) is 6.54 Å². The van der Waals surface area contributed by atoms with E-state index in [1.165, 1.54) is 0 Å². The molecule has 1 rings (SSSR count). The SMILES string of the molecule is CC(=O)OS(=O)(=O)N(CCN(C)C)c1ccccc1. The second-order valence-corrected chi connectivity index (χ2v) is 5.71. The highest BCUT2D eigenvalue weighted by atomic mass is 32.2. The van der Waals surface area contributed by atoms with Gasteiger partial charge in [-0.3, -0.25) is 4.79 Å². The van der Waals surface area contributed by atoms with E-state index in [1.54, 1.807) is 30.3 Å². The van der Waals surface area contributed by atoms with Gasteiger partial charge in [0.2, 0.25) is 0 Å². The normalized spacial score (nSPS) is 11.4. The molecule has 0 unspecified atom stereocenters. The molecule has 0 aliphatic heterocycles. The molecule has 0 fully saturated rings. The van der Waals surface area contributed by atoms with Crippen LogP contribution < -0.4 is 4.31 Å². The molecule has 0 bridgehead atoms. The van der Waals surface area contributed by atoms with Gasteiger partial charge in [-0.2, -0.15) is 8.42 Å². The third-order valence-corrected chi connectivity index (χ3v) is 3.67. The van der Waals surface area contributed by atoms with Gasteiger partial charge in [0, 0.05) is 20.0 Å². The maximum absolute atomic E-state index is 12.0. The van der Waals surface area contributed by atoms with Crippen molar-refractivity contribution in [2.24, 2.45) is 0 Å². The van der Waals surface area contributed by atoms with Crippen molar-refractivity contribution in [3.8, 4) is 0 Å². The maximum atomic E-state index is 12.0. The van der Waals surface area contributed by atoms with Crippen molar-refractivity contribution in [3.63, 3.8) is 0 Å². The number of likely N-dealkylation sites (N-methyl/N-ethyl adjacent to an activating group) is 1. The first-order valence-corrected chi connectivity index (χ1v) is 7.12. The van der Waals surface area contributed by atoms with E-state index in [1.807, 2.05) is 19.0 Å². The molecule has 0 N–H and O–H groups in total. The molecule has 1 aromatic carbocycles. The first-order valence-electron chi connectivity index (χ1n) is 5.75. The topological polar surface area (TPSA) is 66.9 Å². The van der Waals surface area contributed by atoms with Gasteiger partial charge < -0.3 is 9.08 Å². The summed E-state index contributed by atoms with van der Waals surface area (Å²) in [7, 11) is -0.443. The Hall–Kier alpha value is -1.60. The van der Waals surface area contributed by atoms with Gasteiger partial charge in [-0.05, 0) is 26.2 Å². The van der Waals surface area contributed by atoms with Crippen LogP contribution in [-0.4, -0.2) is 46.5 Å². The van der Waals surface area contributed by atoms with E-state index in [2.05, 4.69) is 4.18 Å². The fourth-order valence-electron chi connectivity index (χ4n) is 1.45. The molecule has 0 aliphatic rings. The minimum atomic E-state index is -4.11. The molecule has 0 aromatic heterocycles. The first kappa shape index (κ1) is 15.5. The van der Waals surface area contributed by atoms with Crippen molar-refractivity contribution in [3.05, 3.63) is 30.3 Å². The van der Waals surface area contributed by atoms with Gasteiger partial charge in [0.15, 0.2) is 0 Å². The van der Waals surface area contributed by atoms with Crippen LogP contribution in [0.5, 0.6) is 0 Å². The molecule has 7 heteroatoms. The van der Waals surface area contributed by atoms with Crippen molar-refractivity contribution in [2.45, 2.75) is 6.92 Å². The van der Waals surface area contributed by atoms with Crippen molar-refractivity contribution in [1.82, 2.24) is 4.90 Å². The van der Waals surface area contributed by atoms with Crippen LogP contribution in [0.25, 0.3) is 0 Å². The summed E-state index contributed by atoms with van der Waals surface area (Å²) in [4.78, 5) is 12.7.